The van der Waals surface area contributed by atoms with Crippen LogP contribution in [0.15, 0.2) is 41.7 Å². The fourth-order valence-electron chi connectivity index (χ4n) is 1.89. The number of amides is 1. The van der Waals surface area contributed by atoms with Crippen molar-refractivity contribution >= 4 is 17.6 Å². The highest BCUT2D eigenvalue weighted by atomic mass is 16.4. The zero-order chi connectivity index (χ0) is 15.5. The van der Waals surface area contributed by atoms with Gasteiger partial charge in [0.25, 0.3) is 0 Å². The van der Waals surface area contributed by atoms with E-state index in [1.54, 1.807) is 0 Å². The van der Waals surface area contributed by atoms with Gasteiger partial charge in [-0.25, -0.2) is 0 Å². The molecular formula is C14H17N5O2. The fraction of sp³-hybridized carbons (Fsp3) is 0.214. The number of aromatic amines is 1. The molecule has 0 atom stereocenters. The lowest BCUT2D eigenvalue weighted by molar-refractivity contribution is -0.120. The normalized spacial score (nSPS) is 12.2. The van der Waals surface area contributed by atoms with Gasteiger partial charge >= 0.3 is 0 Å². The molecule has 7 nitrogen and oxygen atoms in total. The van der Waals surface area contributed by atoms with Crippen molar-refractivity contribution in [3.63, 3.8) is 0 Å². The van der Waals surface area contributed by atoms with E-state index in [9.17, 15) is 4.79 Å². The minimum atomic E-state index is -0.741. The monoisotopic (exact) mass is 287 g/mol. The summed E-state index contributed by atoms with van der Waals surface area (Å²) in [5.41, 5.74) is 5.99. The molecule has 1 aromatic heterocycles. The molecule has 0 aliphatic carbocycles. The molecule has 0 radical (unpaired) electrons. The minimum Gasteiger partial charge on any atom is -0.409 e. The van der Waals surface area contributed by atoms with Crippen molar-refractivity contribution in [2.45, 2.75) is 19.3 Å². The summed E-state index contributed by atoms with van der Waals surface area (Å²) in [7, 11) is 0. The summed E-state index contributed by atoms with van der Waals surface area (Å²) in [6.07, 6.45) is 1.38. The van der Waals surface area contributed by atoms with Crippen molar-refractivity contribution in [2.24, 2.45) is 10.9 Å². The van der Waals surface area contributed by atoms with Gasteiger partial charge in [-0.3, -0.25) is 9.89 Å². The number of hydrogen-bond acceptors (Lipinski definition) is 4. The molecule has 0 aliphatic heterocycles. The van der Waals surface area contributed by atoms with Crippen LogP contribution in [-0.4, -0.2) is 27.1 Å². The number of carbonyl (C=O) groups excluding carboxylic acids is 1. The molecule has 7 heteroatoms. The predicted molar refractivity (Wildman–Crippen MR) is 79.2 cm³/mol. The van der Waals surface area contributed by atoms with E-state index in [-0.39, 0.29) is 11.7 Å². The molecule has 0 saturated heterocycles. The van der Waals surface area contributed by atoms with E-state index in [2.05, 4.69) is 20.7 Å². The molecule has 0 spiro atoms. The minimum absolute atomic E-state index is 0.128. The Hall–Kier alpha value is -2.83. The first kappa shape index (κ1) is 14.6. The van der Waals surface area contributed by atoms with E-state index >= 15 is 0 Å². The number of nitrogens with two attached hydrogens (primary N) is 1. The van der Waals surface area contributed by atoms with Crippen LogP contribution in [0.1, 0.15) is 25.0 Å². The maximum atomic E-state index is 12.5. The van der Waals surface area contributed by atoms with Crippen molar-refractivity contribution < 1.29 is 10.0 Å². The molecule has 110 valence electrons. The summed E-state index contributed by atoms with van der Waals surface area (Å²) >= 11 is 0. The molecule has 2 aromatic rings. The first-order valence-electron chi connectivity index (χ1n) is 6.35. The Morgan fingerprint density at radius 1 is 1.38 bits per heavy atom. The number of aromatic nitrogens is 2. The summed E-state index contributed by atoms with van der Waals surface area (Å²) in [6, 6.07) is 9.42. The van der Waals surface area contributed by atoms with Crippen LogP contribution in [0.3, 0.4) is 0 Å². The van der Waals surface area contributed by atoms with E-state index in [1.165, 1.54) is 6.20 Å². The van der Waals surface area contributed by atoms with E-state index in [0.29, 0.717) is 11.4 Å². The number of nitrogens with zero attached hydrogens (tertiary/aromatic N) is 2. The van der Waals surface area contributed by atoms with Crippen molar-refractivity contribution in [3.8, 4) is 0 Å². The Morgan fingerprint density at radius 3 is 2.67 bits per heavy atom. The SMILES string of the molecule is CC(C)(C(=O)Nc1[nH]ncc1C(N)=NO)c1ccccc1. The van der Waals surface area contributed by atoms with Crippen molar-refractivity contribution in [1.29, 1.82) is 0 Å². The number of H-pyrrole nitrogens is 1. The molecule has 1 aromatic carbocycles. The Kier molecular flexibility index (Phi) is 3.93. The molecule has 1 amide bonds. The number of hydrogen-bond donors (Lipinski definition) is 4. The average molecular weight is 287 g/mol. The second kappa shape index (κ2) is 5.66. The summed E-state index contributed by atoms with van der Waals surface area (Å²) < 4.78 is 0. The summed E-state index contributed by atoms with van der Waals surface area (Å²) in [6.45, 7) is 3.63. The standard InChI is InChI=1S/C14H17N5O2/c1-14(2,9-6-4-3-5-7-9)13(20)17-12-10(8-16-18-12)11(15)19-21/h3-8,21H,1-2H3,(H2,15,19)(H2,16,17,18,20). The van der Waals surface area contributed by atoms with Gasteiger partial charge in [-0.2, -0.15) is 5.10 Å². The van der Waals surface area contributed by atoms with Gasteiger partial charge in [0.15, 0.2) is 5.84 Å². The first-order valence-corrected chi connectivity index (χ1v) is 6.35. The molecule has 0 bridgehead atoms. The van der Waals surface area contributed by atoms with Gasteiger partial charge in [0.1, 0.15) is 5.82 Å². The zero-order valence-corrected chi connectivity index (χ0v) is 11.8. The third-order valence-corrected chi connectivity index (χ3v) is 3.32. The number of nitrogens with one attached hydrogen (secondary N) is 2. The summed E-state index contributed by atoms with van der Waals surface area (Å²) in [4.78, 5) is 12.5. The van der Waals surface area contributed by atoms with E-state index in [0.717, 1.165) is 5.56 Å². The van der Waals surface area contributed by atoms with E-state index in [1.807, 2.05) is 44.2 Å². The topological polar surface area (TPSA) is 116 Å². The molecule has 1 heterocycles. The van der Waals surface area contributed by atoms with E-state index < -0.39 is 5.41 Å². The molecule has 0 aliphatic rings. The second-order valence-corrected chi connectivity index (χ2v) is 5.09. The molecule has 5 N–H and O–H groups in total. The smallest absolute Gasteiger partial charge is 0.235 e. The van der Waals surface area contributed by atoms with Crippen LogP contribution in [0.25, 0.3) is 0 Å². The third-order valence-electron chi connectivity index (χ3n) is 3.32. The van der Waals surface area contributed by atoms with Crippen LogP contribution in [0.5, 0.6) is 0 Å². The quantitative estimate of drug-likeness (QED) is 0.294. The summed E-state index contributed by atoms with van der Waals surface area (Å²) in [5, 5.41) is 20.7. The van der Waals surface area contributed by atoms with Crippen LogP contribution in [0.4, 0.5) is 5.82 Å². The number of benzene rings is 1. The Bertz CT molecular complexity index is 661. The van der Waals surface area contributed by atoms with Crippen molar-refractivity contribution in [2.75, 3.05) is 5.32 Å². The van der Waals surface area contributed by atoms with Gasteiger partial charge in [0.05, 0.1) is 17.2 Å². The van der Waals surface area contributed by atoms with Gasteiger partial charge in [0, 0.05) is 0 Å². The lowest BCUT2D eigenvalue weighted by atomic mass is 9.84. The van der Waals surface area contributed by atoms with Gasteiger partial charge in [-0.1, -0.05) is 35.5 Å². The molecule has 2 rings (SSSR count). The van der Waals surface area contributed by atoms with Gasteiger partial charge in [-0.05, 0) is 19.4 Å². The van der Waals surface area contributed by atoms with Gasteiger partial charge in [0.2, 0.25) is 5.91 Å². The highest BCUT2D eigenvalue weighted by Crippen LogP contribution is 2.25. The predicted octanol–water partition coefficient (Wildman–Crippen LogP) is 1.42. The number of amidine groups is 1. The Morgan fingerprint density at radius 2 is 2.05 bits per heavy atom. The molecule has 0 unspecified atom stereocenters. The first-order chi connectivity index (χ1) is 9.96. The Labute approximate surface area is 121 Å². The maximum Gasteiger partial charge on any atom is 0.235 e. The number of oxime groups is 1. The van der Waals surface area contributed by atoms with Gasteiger partial charge < -0.3 is 16.3 Å². The number of anilines is 1. The van der Waals surface area contributed by atoms with Crippen LogP contribution in [0, 0.1) is 0 Å². The Balaban J connectivity index is 2.25. The zero-order valence-electron chi connectivity index (χ0n) is 11.8. The highest BCUT2D eigenvalue weighted by molar-refractivity contribution is 6.06. The molecule has 0 fully saturated rings. The van der Waals surface area contributed by atoms with Crippen LogP contribution < -0.4 is 11.1 Å². The summed E-state index contributed by atoms with van der Waals surface area (Å²) in [5.74, 6) is -0.0687. The third kappa shape index (κ3) is 2.86. The van der Waals surface area contributed by atoms with Crippen molar-refractivity contribution in [3.05, 3.63) is 47.7 Å². The van der Waals surface area contributed by atoms with Gasteiger partial charge in [-0.15, -0.1) is 0 Å². The maximum absolute atomic E-state index is 12.5. The fourth-order valence-corrected chi connectivity index (χ4v) is 1.89. The van der Waals surface area contributed by atoms with Crippen LogP contribution in [-0.2, 0) is 10.2 Å². The second-order valence-electron chi connectivity index (χ2n) is 5.09. The van der Waals surface area contributed by atoms with Crippen LogP contribution >= 0.6 is 0 Å². The molecule has 0 saturated carbocycles. The lowest BCUT2D eigenvalue weighted by Crippen LogP contribution is -2.35. The average Bonchev–Trinajstić information content (AvgIpc) is 2.95. The molecule has 21 heavy (non-hydrogen) atoms. The number of rotatable bonds is 4. The van der Waals surface area contributed by atoms with E-state index in [4.69, 9.17) is 10.9 Å². The lowest BCUT2D eigenvalue weighted by Gasteiger charge is -2.23. The van der Waals surface area contributed by atoms with Crippen molar-refractivity contribution in [1.82, 2.24) is 10.2 Å². The highest BCUT2D eigenvalue weighted by Gasteiger charge is 2.30. The number of carbonyl (C=O) groups is 1. The molecular weight excluding hydrogens is 270 g/mol. The van der Waals surface area contributed by atoms with Crippen LogP contribution in [0.2, 0.25) is 0 Å². The largest absolute Gasteiger partial charge is 0.409 e.